The third-order valence-corrected chi connectivity index (χ3v) is 3.02. The van der Waals surface area contributed by atoms with E-state index < -0.39 is 0 Å². The van der Waals surface area contributed by atoms with Crippen molar-refractivity contribution in [1.82, 2.24) is 15.2 Å². The predicted molar refractivity (Wildman–Crippen MR) is 73.6 cm³/mol. The van der Waals surface area contributed by atoms with Crippen LogP contribution in [-0.4, -0.2) is 15.2 Å². The summed E-state index contributed by atoms with van der Waals surface area (Å²) in [6, 6.07) is 4.15. The number of hydrogen-bond donors (Lipinski definition) is 2. The van der Waals surface area contributed by atoms with Crippen molar-refractivity contribution in [3.05, 3.63) is 41.3 Å². The van der Waals surface area contributed by atoms with E-state index in [2.05, 4.69) is 47.3 Å². The molecule has 0 radical (unpaired) electrons. The Morgan fingerprint density at radius 2 is 2.00 bits per heavy atom. The summed E-state index contributed by atoms with van der Waals surface area (Å²) in [5, 5.41) is 10.2. The first-order chi connectivity index (χ1) is 8.47. The van der Waals surface area contributed by atoms with Crippen LogP contribution in [0.1, 0.15) is 37.6 Å². The Morgan fingerprint density at radius 3 is 2.50 bits per heavy atom. The molecule has 0 aromatic carbocycles. The predicted octanol–water partition coefficient (Wildman–Crippen LogP) is 3.02. The fraction of sp³-hybridized carbons (Fsp3) is 0.429. The van der Waals surface area contributed by atoms with Crippen molar-refractivity contribution in [1.29, 1.82) is 0 Å². The van der Waals surface area contributed by atoms with Crippen molar-refractivity contribution in [3.8, 4) is 0 Å². The number of aromatic amines is 1. The van der Waals surface area contributed by atoms with Gasteiger partial charge in [0.05, 0.1) is 6.20 Å². The minimum absolute atomic E-state index is 0.146. The van der Waals surface area contributed by atoms with Crippen LogP contribution in [0.4, 0.5) is 5.82 Å². The summed E-state index contributed by atoms with van der Waals surface area (Å²) >= 11 is 0. The van der Waals surface area contributed by atoms with E-state index in [1.165, 1.54) is 5.56 Å². The Kier molecular flexibility index (Phi) is 3.36. The lowest BCUT2D eigenvalue weighted by Gasteiger charge is -2.18. The molecule has 4 nitrogen and oxygen atoms in total. The number of nitrogens with one attached hydrogen (secondary N) is 2. The molecule has 0 aliphatic rings. The fourth-order valence-corrected chi connectivity index (χ4v) is 1.68. The second kappa shape index (κ2) is 4.80. The fourth-order valence-electron chi connectivity index (χ4n) is 1.68. The van der Waals surface area contributed by atoms with Gasteiger partial charge in [-0.05, 0) is 24.0 Å². The molecule has 2 N–H and O–H groups in total. The molecule has 0 atom stereocenters. The van der Waals surface area contributed by atoms with Gasteiger partial charge in [-0.2, -0.15) is 5.10 Å². The van der Waals surface area contributed by atoms with E-state index in [0.29, 0.717) is 0 Å². The summed E-state index contributed by atoms with van der Waals surface area (Å²) in [5.41, 5.74) is 3.64. The van der Waals surface area contributed by atoms with Gasteiger partial charge in [0.1, 0.15) is 5.82 Å². The van der Waals surface area contributed by atoms with E-state index in [-0.39, 0.29) is 5.41 Å². The molecule has 0 saturated carbocycles. The van der Waals surface area contributed by atoms with Crippen molar-refractivity contribution in [2.75, 3.05) is 5.32 Å². The van der Waals surface area contributed by atoms with Gasteiger partial charge in [0.15, 0.2) is 0 Å². The minimum Gasteiger partial charge on any atom is -0.366 e. The van der Waals surface area contributed by atoms with Crippen molar-refractivity contribution in [3.63, 3.8) is 0 Å². The first-order valence-electron chi connectivity index (χ1n) is 6.16. The van der Waals surface area contributed by atoms with Crippen LogP contribution in [0, 0.1) is 6.92 Å². The van der Waals surface area contributed by atoms with Crippen LogP contribution in [0.15, 0.2) is 24.5 Å². The van der Waals surface area contributed by atoms with Crippen LogP contribution < -0.4 is 5.32 Å². The van der Waals surface area contributed by atoms with E-state index in [9.17, 15) is 0 Å². The van der Waals surface area contributed by atoms with E-state index in [0.717, 1.165) is 23.6 Å². The Labute approximate surface area is 108 Å². The Hall–Kier alpha value is -1.84. The van der Waals surface area contributed by atoms with Gasteiger partial charge in [-0.3, -0.25) is 5.10 Å². The maximum atomic E-state index is 4.43. The zero-order valence-electron chi connectivity index (χ0n) is 11.4. The monoisotopic (exact) mass is 244 g/mol. The lowest BCUT2D eigenvalue weighted by molar-refractivity contribution is 0.587. The number of nitrogens with zero attached hydrogens (tertiary/aromatic N) is 2. The summed E-state index contributed by atoms with van der Waals surface area (Å²) in [4.78, 5) is 4.43. The highest BCUT2D eigenvalue weighted by Crippen LogP contribution is 2.22. The van der Waals surface area contributed by atoms with Gasteiger partial charge in [0.25, 0.3) is 0 Å². The van der Waals surface area contributed by atoms with Gasteiger partial charge in [-0.15, -0.1) is 0 Å². The van der Waals surface area contributed by atoms with Gasteiger partial charge in [-0.25, -0.2) is 4.98 Å². The zero-order valence-corrected chi connectivity index (χ0v) is 11.4. The van der Waals surface area contributed by atoms with Gasteiger partial charge in [0.2, 0.25) is 0 Å². The number of H-pyrrole nitrogens is 1. The second-order valence-electron chi connectivity index (χ2n) is 5.56. The largest absolute Gasteiger partial charge is 0.366 e. The number of rotatable bonds is 3. The Morgan fingerprint density at radius 1 is 1.22 bits per heavy atom. The molecule has 2 aromatic heterocycles. The van der Waals surface area contributed by atoms with E-state index in [1.54, 1.807) is 0 Å². The van der Waals surface area contributed by atoms with Crippen LogP contribution >= 0.6 is 0 Å². The van der Waals surface area contributed by atoms with E-state index in [1.807, 2.05) is 25.4 Å². The number of aromatic nitrogens is 3. The normalized spacial score (nSPS) is 11.6. The number of aryl methyl sites for hydroxylation is 1. The first kappa shape index (κ1) is 12.6. The lowest BCUT2D eigenvalue weighted by Crippen LogP contribution is -2.11. The molecule has 0 saturated heterocycles. The molecule has 0 aliphatic carbocycles. The van der Waals surface area contributed by atoms with Crippen LogP contribution in [-0.2, 0) is 12.0 Å². The quantitative estimate of drug-likeness (QED) is 0.872. The lowest BCUT2D eigenvalue weighted by atomic mass is 9.88. The molecule has 0 fully saturated rings. The smallest absolute Gasteiger partial charge is 0.126 e. The standard InChI is InChI=1S/C14H20N4/c1-10-11(8-17-18-10)7-15-13-6-5-12(9-16-13)14(2,3)4/h5-6,8-9H,7H2,1-4H3,(H,15,16)(H,17,18). The average molecular weight is 244 g/mol. The number of anilines is 1. The second-order valence-corrected chi connectivity index (χ2v) is 5.56. The number of hydrogen-bond acceptors (Lipinski definition) is 3. The van der Waals surface area contributed by atoms with Gasteiger partial charge >= 0.3 is 0 Å². The molecule has 2 heterocycles. The topological polar surface area (TPSA) is 53.6 Å². The molecular formula is C14H20N4. The first-order valence-corrected chi connectivity index (χ1v) is 6.16. The van der Waals surface area contributed by atoms with Gasteiger partial charge in [0, 0.05) is 24.0 Å². The van der Waals surface area contributed by atoms with Crippen LogP contribution in [0.2, 0.25) is 0 Å². The molecule has 0 bridgehead atoms. The molecule has 2 rings (SSSR count). The van der Waals surface area contributed by atoms with E-state index in [4.69, 9.17) is 0 Å². The van der Waals surface area contributed by atoms with Gasteiger partial charge < -0.3 is 5.32 Å². The summed E-state index contributed by atoms with van der Waals surface area (Å²) in [6.45, 7) is 9.31. The summed E-state index contributed by atoms with van der Waals surface area (Å²) in [7, 11) is 0. The molecule has 0 amide bonds. The molecule has 0 unspecified atom stereocenters. The SMILES string of the molecule is Cc1[nH]ncc1CNc1ccc(C(C)(C)C)cn1. The molecule has 2 aromatic rings. The van der Waals surface area contributed by atoms with Crippen molar-refractivity contribution in [2.24, 2.45) is 0 Å². The van der Waals surface area contributed by atoms with E-state index >= 15 is 0 Å². The summed E-state index contributed by atoms with van der Waals surface area (Å²) in [6.07, 6.45) is 3.77. The Bertz CT molecular complexity index is 505. The average Bonchev–Trinajstić information content (AvgIpc) is 2.72. The van der Waals surface area contributed by atoms with Crippen molar-refractivity contribution < 1.29 is 0 Å². The number of pyridine rings is 1. The molecule has 0 aliphatic heterocycles. The third-order valence-electron chi connectivity index (χ3n) is 3.02. The molecule has 4 heteroatoms. The van der Waals surface area contributed by atoms with Crippen LogP contribution in [0.25, 0.3) is 0 Å². The summed E-state index contributed by atoms with van der Waals surface area (Å²) < 4.78 is 0. The molecule has 0 spiro atoms. The maximum Gasteiger partial charge on any atom is 0.126 e. The minimum atomic E-state index is 0.146. The highest BCUT2D eigenvalue weighted by Gasteiger charge is 2.13. The van der Waals surface area contributed by atoms with Crippen LogP contribution in [0.3, 0.4) is 0 Å². The molecule has 18 heavy (non-hydrogen) atoms. The Balaban J connectivity index is 2.01. The third kappa shape index (κ3) is 2.88. The summed E-state index contributed by atoms with van der Waals surface area (Å²) in [5.74, 6) is 0.892. The molecule has 96 valence electrons. The zero-order chi connectivity index (χ0) is 13.2. The molecular weight excluding hydrogens is 224 g/mol. The maximum absolute atomic E-state index is 4.43. The highest BCUT2D eigenvalue weighted by molar-refractivity contribution is 5.38. The van der Waals surface area contributed by atoms with Crippen molar-refractivity contribution in [2.45, 2.75) is 39.7 Å². The highest BCUT2D eigenvalue weighted by atomic mass is 15.1. The van der Waals surface area contributed by atoms with Crippen molar-refractivity contribution >= 4 is 5.82 Å². The van der Waals surface area contributed by atoms with Gasteiger partial charge in [-0.1, -0.05) is 26.8 Å². The van der Waals surface area contributed by atoms with Crippen LogP contribution in [0.5, 0.6) is 0 Å².